The van der Waals surface area contributed by atoms with Gasteiger partial charge in [-0.05, 0) is 39.8 Å². The number of halogens is 1. The Morgan fingerprint density at radius 3 is 2.56 bits per heavy atom. The van der Waals surface area contributed by atoms with Crippen LogP contribution < -0.4 is 20.9 Å². The number of nitrogens with one attached hydrogen (secondary N) is 2. The number of aliphatic hydroxyl groups is 1. The smallest absolute Gasteiger partial charge is 0.459 e. The summed E-state index contributed by atoms with van der Waals surface area (Å²) in [4.78, 5) is 37.7. The molecule has 198 valence electrons. The zero-order valence-electron chi connectivity index (χ0n) is 20.1. The first-order chi connectivity index (χ1) is 16.8. The molecule has 1 unspecified atom stereocenters. The highest BCUT2D eigenvalue weighted by molar-refractivity contribution is 7.52. The van der Waals surface area contributed by atoms with Crippen molar-refractivity contribution < 1.29 is 37.4 Å². The van der Waals surface area contributed by atoms with Crippen LogP contribution in [0.2, 0.25) is 0 Å². The summed E-state index contributed by atoms with van der Waals surface area (Å²) in [6.45, 7) is 5.07. The molecule has 0 radical (unpaired) electrons. The van der Waals surface area contributed by atoms with Crippen molar-refractivity contribution in [2.75, 3.05) is 6.61 Å². The Labute approximate surface area is 205 Å². The minimum atomic E-state index is -4.30. The van der Waals surface area contributed by atoms with E-state index in [4.69, 9.17) is 18.5 Å². The maximum Gasteiger partial charge on any atom is 0.459 e. The largest absolute Gasteiger partial charge is 0.462 e. The van der Waals surface area contributed by atoms with Crippen molar-refractivity contribution >= 4 is 13.7 Å². The number of hydrogen-bond acceptors (Lipinski definition) is 9. The summed E-state index contributed by atoms with van der Waals surface area (Å²) in [6.07, 6.45) is -4.21. The summed E-state index contributed by atoms with van der Waals surface area (Å²) >= 11 is 0. The Morgan fingerprint density at radius 2 is 1.94 bits per heavy atom. The van der Waals surface area contributed by atoms with Gasteiger partial charge in [0.05, 0.1) is 12.7 Å². The Balaban J connectivity index is 1.80. The van der Waals surface area contributed by atoms with Crippen LogP contribution in [0, 0.1) is 0 Å². The molecule has 36 heavy (non-hydrogen) atoms. The first kappa shape index (κ1) is 27.8. The van der Waals surface area contributed by atoms with E-state index in [1.807, 2.05) is 4.98 Å². The number of esters is 1. The third kappa shape index (κ3) is 6.48. The van der Waals surface area contributed by atoms with Crippen molar-refractivity contribution in [2.24, 2.45) is 0 Å². The minimum Gasteiger partial charge on any atom is -0.462 e. The average Bonchev–Trinajstić information content (AvgIpc) is 3.01. The lowest BCUT2D eigenvalue weighted by molar-refractivity contribution is -0.149. The van der Waals surface area contributed by atoms with E-state index in [-0.39, 0.29) is 5.75 Å². The lowest BCUT2D eigenvalue weighted by atomic mass is 9.98. The van der Waals surface area contributed by atoms with Crippen molar-refractivity contribution in [1.29, 1.82) is 0 Å². The number of aromatic amines is 1. The summed E-state index contributed by atoms with van der Waals surface area (Å²) in [5, 5.41) is 13.0. The number of rotatable bonds is 10. The van der Waals surface area contributed by atoms with Gasteiger partial charge in [-0.2, -0.15) is 5.09 Å². The van der Waals surface area contributed by atoms with E-state index in [0.717, 1.165) is 23.8 Å². The van der Waals surface area contributed by atoms with Gasteiger partial charge in [-0.25, -0.2) is 13.8 Å². The Kier molecular flexibility index (Phi) is 8.52. The molecule has 0 aliphatic carbocycles. The van der Waals surface area contributed by atoms with Crippen molar-refractivity contribution in [3.8, 4) is 5.75 Å². The fourth-order valence-corrected chi connectivity index (χ4v) is 4.97. The third-order valence-electron chi connectivity index (χ3n) is 5.26. The van der Waals surface area contributed by atoms with Gasteiger partial charge in [0.25, 0.3) is 5.56 Å². The van der Waals surface area contributed by atoms with Crippen LogP contribution in [-0.4, -0.2) is 57.3 Å². The van der Waals surface area contributed by atoms with Gasteiger partial charge < -0.3 is 19.1 Å². The number of aliphatic hydroxyl groups excluding tert-OH is 1. The van der Waals surface area contributed by atoms with Crippen LogP contribution in [0.1, 0.15) is 33.9 Å². The van der Waals surface area contributed by atoms with Crippen LogP contribution >= 0.6 is 7.75 Å². The van der Waals surface area contributed by atoms with E-state index in [1.165, 1.54) is 19.1 Å². The summed E-state index contributed by atoms with van der Waals surface area (Å²) in [5.41, 5.74) is -4.12. The number of benzene rings is 1. The number of carbonyl (C=O) groups is 1. The normalized spacial score (nSPS) is 26.4. The molecule has 2 aromatic rings. The molecule has 3 N–H and O–H groups in total. The van der Waals surface area contributed by atoms with Gasteiger partial charge >= 0.3 is 19.4 Å². The molecule has 0 amide bonds. The van der Waals surface area contributed by atoms with E-state index in [9.17, 15) is 24.1 Å². The Hall–Kier alpha value is -2.83. The molecule has 1 aliphatic heterocycles. The highest BCUT2D eigenvalue weighted by Crippen LogP contribution is 2.47. The highest BCUT2D eigenvalue weighted by atomic mass is 31.2. The second-order valence-corrected chi connectivity index (χ2v) is 10.4. The molecular weight excluding hydrogens is 500 g/mol. The summed E-state index contributed by atoms with van der Waals surface area (Å²) in [5.74, 6) is -0.560. The predicted octanol–water partition coefficient (Wildman–Crippen LogP) is 1.66. The molecule has 0 spiro atoms. The fraction of sp³-hybridized carbons (Fsp3) is 0.500. The molecule has 6 atom stereocenters. The number of nitrogens with zero attached hydrogens (tertiary/aromatic N) is 1. The molecular formula is C22H29FN3O9P. The predicted molar refractivity (Wildman–Crippen MR) is 125 cm³/mol. The Bertz CT molecular complexity index is 1220. The molecule has 1 saturated heterocycles. The molecule has 0 bridgehead atoms. The van der Waals surface area contributed by atoms with Gasteiger partial charge in [-0.3, -0.25) is 23.7 Å². The number of alkyl halides is 1. The summed E-state index contributed by atoms with van der Waals surface area (Å²) in [6, 6.07) is 7.86. The fourth-order valence-electron chi connectivity index (χ4n) is 3.47. The SMILES string of the molecule is CC(C)OC(=O)[C@H](C)N[P@](=O)(OC[C@H]1O[C@@H](n2ccc(=O)[nH]c2=O)[C@@](C)(F)C1O)Oc1ccccc1. The Morgan fingerprint density at radius 1 is 1.28 bits per heavy atom. The van der Waals surface area contributed by atoms with E-state index < -0.39 is 67.8 Å². The number of ether oxygens (including phenoxy) is 2. The molecule has 0 saturated carbocycles. The first-order valence-electron chi connectivity index (χ1n) is 11.1. The second kappa shape index (κ2) is 11.1. The molecule has 14 heteroatoms. The van der Waals surface area contributed by atoms with Crippen molar-refractivity contribution in [3.05, 3.63) is 63.4 Å². The monoisotopic (exact) mass is 529 g/mol. The van der Waals surface area contributed by atoms with Gasteiger partial charge in [0, 0.05) is 12.3 Å². The molecule has 1 aromatic heterocycles. The third-order valence-corrected chi connectivity index (χ3v) is 6.90. The summed E-state index contributed by atoms with van der Waals surface area (Å²) in [7, 11) is -4.30. The van der Waals surface area contributed by atoms with Gasteiger partial charge in [-0.1, -0.05) is 18.2 Å². The quantitative estimate of drug-likeness (QED) is 0.305. The van der Waals surface area contributed by atoms with E-state index in [2.05, 4.69) is 5.09 Å². The van der Waals surface area contributed by atoms with Gasteiger partial charge in [0.1, 0.15) is 24.0 Å². The van der Waals surface area contributed by atoms with Crippen molar-refractivity contribution in [2.45, 2.75) is 63.9 Å². The number of aromatic nitrogens is 2. The number of para-hydroxylation sites is 1. The van der Waals surface area contributed by atoms with E-state index >= 15 is 4.39 Å². The molecule has 12 nitrogen and oxygen atoms in total. The zero-order valence-corrected chi connectivity index (χ0v) is 21.0. The zero-order chi connectivity index (χ0) is 26.7. The molecule has 2 heterocycles. The maximum absolute atomic E-state index is 15.4. The molecule has 1 fully saturated rings. The maximum atomic E-state index is 15.4. The number of carbonyl (C=O) groups excluding carboxylic acids is 1. The van der Waals surface area contributed by atoms with Crippen LogP contribution in [0.3, 0.4) is 0 Å². The van der Waals surface area contributed by atoms with Crippen LogP contribution in [-0.2, 0) is 23.4 Å². The van der Waals surface area contributed by atoms with Crippen LogP contribution in [0.5, 0.6) is 5.75 Å². The van der Waals surface area contributed by atoms with Crippen molar-refractivity contribution in [1.82, 2.24) is 14.6 Å². The number of hydrogen-bond donors (Lipinski definition) is 3. The standard InChI is InChI=1S/C22H29FN3O9P/c1-13(2)33-19(29)14(3)25-36(31,35-15-8-6-5-7-9-15)32-12-16-18(28)22(4,23)20(34-16)26-11-10-17(27)24-21(26)30/h5-11,13-14,16,18,20,28H,12H2,1-4H3,(H,25,31)(H,24,27,30)/t14-,16+,18?,20+,22-,36-/m0/s1. The minimum absolute atomic E-state index is 0.152. The number of H-pyrrole nitrogens is 1. The summed E-state index contributed by atoms with van der Waals surface area (Å²) < 4.78 is 51.4. The topological polar surface area (TPSA) is 158 Å². The van der Waals surface area contributed by atoms with Crippen LogP contribution in [0.25, 0.3) is 0 Å². The van der Waals surface area contributed by atoms with Crippen LogP contribution in [0.4, 0.5) is 4.39 Å². The van der Waals surface area contributed by atoms with Gasteiger partial charge in [0.15, 0.2) is 11.9 Å². The van der Waals surface area contributed by atoms with Crippen molar-refractivity contribution in [3.63, 3.8) is 0 Å². The molecule has 3 rings (SSSR count). The molecule has 1 aliphatic rings. The lowest BCUT2D eigenvalue weighted by Gasteiger charge is -2.25. The lowest BCUT2D eigenvalue weighted by Crippen LogP contribution is -2.43. The second-order valence-electron chi connectivity index (χ2n) is 8.67. The van der Waals surface area contributed by atoms with Gasteiger partial charge in [0.2, 0.25) is 0 Å². The van der Waals surface area contributed by atoms with E-state index in [0.29, 0.717) is 0 Å². The highest BCUT2D eigenvalue weighted by Gasteiger charge is 2.55. The van der Waals surface area contributed by atoms with E-state index in [1.54, 1.807) is 32.0 Å². The average molecular weight is 529 g/mol. The first-order valence-corrected chi connectivity index (χ1v) is 12.7. The van der Waals surface area contributed by atoms with Gasteiger partial charge in [-0.15, -0.1) is 0 Å². The molecule has 1 aromatic carbocycles. The van der Waals surface area contributed by atoms with Crippen LogP contribution in [0.15, 0.2) is 52.2 Å².